The van der Waals surface area contributed by atoms with E-state index in [-0.39, 0.29) is 17.9 Å². The molecule has 1 aromatic rings. The number of carbonyl (C=O) groups excluding carboxylic acids is 3. The number of rotatable bonds is 8. The Balaban J connectivity index is 2.17. The minimum absolute atomic E-state index is 0.0346. The van der Waals surface area contributed by atoms with E-state index >= 15 is 0 Å². The minimum Gasteiger partial charge on any atom is -0.497 e. The molecule has 0 heterocycles. The molecule has 0 bridgehead atoms. The van der Waals surface area contributed by atoms with Crippen molar-refractivity contribution in [2.45, 2.75) is 73.0 Å². The lowest BCUT2D eigenvalue weighted by molar-refractivity contribution is -0.124. The molecule has 33 heavy (non-hydrogen) atoms. The van der Waals surface area contributed by atoms with Gasteiger partial charge in [0.15, 0.2) is 0 Å². The molecule has 0 aliphatic heterocycles. The van der Waals surface area contributed by atoms with Crippen LogP contribution in [0.3, 0.4) is 0 Å². The number of hydrogen-bond acceptors (Lipinski definition) is 5. The quantitative estimate of drug-likeness (QED) is 0.515. The van der Waals surface area contributed by atoms with Gasteiger partial charge in [-0.1, -0.05) is 27.2 Å². The molecule has 1 fully saturated rings. The average Bonchev–Trinajstić information content (AvgIpc) is 2.73. The van der Waals surface area contributed by atoms with E-state index in [2.05, 4.69) is 36.7 Å². The Bertz CT molecular complexity index is 839. The summed E-state index contributed by atoms with van der Waals surface area (Å²) in [6, 6.07) is 4.26. The third kappa shape index (κ3) is 7.65. The van der Waals surface area contributed by atoms with Crippen molar-refractivity contribution in [3.63, 3.8) is 0 Å². The fourth-order valence-electron chi connectivity index (χ4n) is 4.32. The van der Waals surface area contributed by atoms with Crippen LogP contribution in [-0.4, -0.2) is 37.2 Å². The van der Waals surface area contributed by atoms with Gasteiger partial charge in [-0.3, -0.25) is 9.59 Å². The van der Waals surface area contributed by atoms with Crippen LogP contribution in [0, 0.1) is 23.7 Å². The summed E-state index contributed by atoms with van der Waals surface area (Å²) in [5.74, 6) is 1.23. The second-order valence-electron chi connectivity index (χ2n) is 9.64. The van der Waals surface area contributed by atoms with Crippen LogP contribution in [0.5, 0.6) is 5.75 Å². The van der Waals surface area contributed by atoms with Gasteiger partial charge < -0.3 is 25.4 Å². The van der Waals surface area contributed by atoms with Crippen LogP contribution >= 0.6 is 0 Å². The zero-order chi connectivity index (χ0) is 24.7. The zero-order valence-corrected chi connectivity index (χ0v) is 20.9. The van der Waals surface area contributed by atoms with Crippen LogP contribution in [-0.2, 0) is 14.3 Å². The first-order valence-electron chi connectivity index (χ1n) is 11.8. The highest BCUT2D eigenvalue weighted by Crippen LogP contribution is 2.39. The molecular weight excluding hydrogens is 422 g/mol. The monoisotopic (exact) mass is 461 g/mol. The highest BCUT2D eigenvalue weighted by Gasteiger charge is 2.35. The van der Waals surface area contributed by atoms with E-state index in [1.807, 2.05) is 0 Å². The Kier molecular flexibility index (Phi) is 9.56. The lowest BCUT2D eigenvalue weighted by Crippen LogP contribution is -2.42. The van der Waals surface area contributed by atoms with Crippen molar-refractivity contribution in [2.75, 3.05) is 17.7 Å². The average molecular weight is 462 g/mol. The van der Waals surface area contributed by atoms with Gasteiger partial charge in [-0.25, -0.2) is 4.79 Å². The molecule has 1 aromatic carbocycles. The molecule has 8 heteroatoms. The predicted octanol–water partition coefficient (Wildman–Crippen LogP) is 4.80. The third-order valence-electron chi connectivity index (χ3n) is 6.17. The van der Waals surface area contributed by atoms with Gasteiger partial charge in [0.2, 0.25) is 11.8 Å². The van der Waals surface area contributed by atoms with E-state index in [4.69, 9.17) is 9.47 Å². The van der Waals surface area contributed by atoms with E-state index in [0.29, 0.717) is 34.9 Å². The largest absolute Gasteiger partial charge is 0.497 e. The molecular formula is C25H39N3O5. The van der Waals surface area contributed by atoms with E-state index in [0.717, 1.165) is 19.3 Å². The molecule has 1 saturated carbocycles. The summed E-state index contributed by atoms with van der Waals surface area (Å²) >= 11 is 0. The smallest absolute Gasteiger partial charge is 0.408 e. The molecule has 3 N–H and O–H groups in total. The molecule has 0 spiro atoms. The third-order valence-corrected chi connectivity index (χ3v) is 6.17. The maximum atomic E-state index is 13.3. The molecule has 1 aliphatic rings. The molecule has 0 aromatic heterocycles. The molecule has 4 atom stereocenters. The fourth-order valence-corrected chi connectivity index (χ4v) is 4.32. The molecule has 184 valence electrons. The minimum atomic E-state index is -0.837. The number of methoxy groups -OCH3 is 1. The highest BCUT2D eigenvalue weighted by molar-refractivity contribution is 6.02. The van der Waals surface area contributed by atoms with Gasteiger partial charge >= 0.3 is 6.09 Å². The fraction of sp³-hybridized carbons (Fsp3) is 0.640. The summed E-state index contributed by atoms with van der Waals surface area (Å²) < 4.78 is 10.3. The zero-order valence-electron chi connectivity index (χ0n) is 20.9. The van der Waals surface area contributed by atoms with Crippen LogP contribution in [0.2, 0.25) is 0 Å². The number of anilines is 2. The molecule has 3 amide bonds. The number of carbonyl (C=O) groups is 3. The Labute approximate surface area is 197 Å². The van der Waals surface area contributed by atoms with Crippen LogP contribution in [0.25, 0.3) is 0 Å². The summed E-state index contributed by atoms with van der Waals surface area (Å²) in [6.07, 6.45) is 2.07. The standard InChI is InChI=1S/C25H39N3O5/c1-14(2)19-10-8-16(5)12-20(19)24(30)27-21-11-9-18(32-7)13-22(21)28-23(29)17(6)26-25(31)33-15(3)4/h9,11,13-17,19-20H,8,10,12H2,1-7H3,(H,26,31)(H,27,30)(H,28,29)/t16-,17-,19+,20-/m1/s1. The molecule has 8 nitrogen and oxygen atoms in total. The van der Waals surface area contributed by atoms with Gasteiger partial charge in [-0.15, -0.1) is 0 Å². The van der Waals surface area contributed by atoms with Gasteiger partial charge in [0.1, 0.15) is 11.8 Å². The maximum absolute atomic E-state index is 13.3. The van der Waals surface area contributed by atoms with Crippen LogP contribution in [0.15, 0.2) is 18.2 Å². The van der Waals surface area contributed by atoms with Crippen LogP contribution in [0.4, 0.5) is 16.2 Å². The lowest BCUT2D eigenvalue weighted by Gasteiger charge is -2.36. The van der Waals surface area contributed by atoms with Gasteiger partial charge in [-0.2, -0.15) is 0 Å². The first kappa shape index (κ1) is 26.5. The lowest BCUT2D eigenvalue weighted by atomic mass is 9.70. The maximum Gasteiger partial charge on any atom is 0.408 e. The van der Waals surface area contributed by atoms with E-state index in [9.17, 15) is 14.4 Å². The van der Waals surface area contributed by atoms with E-state index < -0.39 is 18.0 Å². The molecule has 0 saturated heterocycles. The number of benzene rings is 1. The van der Waals surface area contributed by atoms with Gasteiger partial charge in [0.25, 0.3) is 0 Å². The molecule has 1 aliphatic carbocycles. The number of amides is 3. The topological polar surface area (TPSA) is 106 Å². The van der Waals surface area contributed by atoms with Crippen molar-refractivity contribution >= 4 is 29.3 Å². The van der Waals surface area contributed by atoms with Crippen molar-refractivity contribution in [2.24, 2.45) is 23.7 Å². The number of hydrogen-bond donors (Lipinski definition) is 3. The van der Waals surface area contributed by atoms with Crippen molar-refractivity contribution in [3.8, 4) is 5.75 Å². The Morgan fingerprint density at radius 1 is 1.00 bits per heavy atom. The van der Waals surface area contributed by atoms with Gasteiger partial charge in [0.05, 0.1) is 24.6 Å². The van der Waals surface area contributed by atoms with E-state index in [1.54, 1.807) is 39.0 Å². The highest BCUT2D eigenvalue weighted by atomic mass is 16.6. The van der Waals surface area contributed by atoms with Crippen LogP contribution in [0.1, 0.15) is 60.8 Å². The normalized spacial score (nSPS) is 21.3. The predicted molar refractivity (Wildman–Crippen MR) is 129 cm³/mol. The number of ether oxygens (including phenoxy) is 2. The summed E-state index contributed by atoms with van der Waals surface area (Å²) in [7, 11) is 1.53. The summed E-state index contributed by atoms with van der Waals surface area (Å²) in [4.78, 5) is 37.8. The van der Waals surface area contributed by atoms with Gasteiger partial charge in [0, 0.05) is 12.0 Å². The second-order valence-corrected chi connectivity index (χ2v) is 9.64. The first-order valence-corrected chi connectivity index (χ1v) is 11.8. The molecule has 0 unspecified atom stereocenters. The Hall–Kier alpha value is -2.77. The number of alkyl carbamates (subject to hydrolysis) is 1. The summed E-state index contributed by atoms with van der Waals surface area (Å²) in [5.41, 5.74) is 0.898. The van der Waals surface area contributed by atoms with Crippen molar-refractivity contribution in [1.29, 1.82) is 0 Å². The molecule has 0 radical (unpaired) electrons. The van der Waals surface area contributed by atoms with Crippen molar-refractivity contribution in [3.05, 3.63) is 18.2 Å². The van der Waals surface area contributed by atoms with Gasteiger partial charge in [-0.05, 0) is 63.5 Å². The first-order chi connectivity index (χ1) is 15.5. The number of nitrogens with one attached hydrogen (secondary N) is 3. The summed E-state index contributed by atoms with van der Waals surface area (Å²) in [5, 5.41) is 8.32. The molecule has 2 rings (SSSR count). The van der Waals surface area contributed by atoms with Crippen LogP contribution < -0.4 is 20.7 Å². The van der Waals surface area contributed by atoms with Crippen molar-refractivity contribution in [1.82, 2.24) is 5.32 Å². The Morgan fingerprint density at radius 3 is 2.30 bits per heavy atom. The van der Waals surface area contributed by atoms with E-state index in [1.165, 1.54) is 7.11 Å². The SMILES string of the molecule is COc1ccc(NC(=O)[C@@H]2C[C@H](C)CC[C@H]2C(C)C)c(NC(=O)[C@@H](C)NC(=O)OC(C)C)c1. The van der Waals surface area contributed by atoms with Crippen molar-refractivity contribution < 1.29 is 23.9 Å². The second kappa shape index (κ2) is 11.9. The summed E-state index contributed by atoms with van der Waals surface area (Å²) in [6.45, 7) is 11.5. The Morgan fingerprint density at radius 2 is 1.70 bits per heavy atom.